The Hall–Kier alpha value is -0.190. The van der Waals surface area contributed by atoms with E-state index in [1.165, 1.54) is 0 Å². The molecule has 0 saturated heterocycles. The van der Waals surface area contributed by atoms with Gasteiger partial charge in [-0.25, -0.2) is 0 Å². The van der Waals surface area contributed by atoms with Crippen LogP contribution < -0.4 is 0 Å². The second-order valence-electron chi connectivity index (χ2n) is 2.59. The molecule has 0 amide bonds. The Morgan fingerprint density at radius 3 is 2.92 bits per heavy atom. The zero-order valence-electron chi connectivity index (χ0n) is 6.87. The highest BCUT2D eigenvalue weighted by Crippen LogP contribution is 2.40. The fourth-order valence-electron chi connectivity index (χ4n) is 1.20. The summed E-state index contributed by atoms with van der Waals surface area (Å²) in [5.74, 6) is 0.403. The van der Waals surface area contributed by atoms with Crippen LogP contribution >= 0.6 is 39.0 Å². The molecule has 2 aromatic rings. The molecule has 0 aliphatic rings. The summed E-state index contributed by atoms with van der Waals surface area (Å²) in [5, 5.41) is 10.9. The molecule has 13 heavy (non-hydrogen) atoms. The van der Waals surface area contributed by atoms with Crippen LogP contribution in [0.2, 0.25) is 0 Å². The summed E-state index contributed by atoms with van der Waals surface area (Å²) in [4.78, 5) is 0.932. The van der Waals surface area contributed by atoms with Crippen molar-refractivity contribution in [1.82, 2.24) is 0 Å². The van der Waals surface area contributed by atoms with Gasteiger partial charge in [0.1, 0.15) is 5.75 Å². The maximum absolute atomic E-state index is 9.83. The first-order chi connectivity index (χ1) is 6.22. The third-order valence-electron chi connectivity index (χ3n) is 1.81. The smallest absolute Gasteiger partial charge is 0.146 e. The van der Waals surface area contributed by atoms with Gasteiger partial charge >= 0.3 is 0 Å². The Bertz CT molecular complexity index is 450. The number of benzene rings is 1. The van der Waals surface area contributed by atoms with Crippen molar-refractivity contribution in [3.05, 3.63) is 22.0 Å². The first-order valence-electron chi connectivity index (χ1n) is 3.67. The highest BCUT2D eigenvalue weighted by Gasteiger charge is 2.08. The lowest BCUT2D eigenvalue weighted by molar-refractivity contribution is 0.470. The van der Waals surface area contributed by atoms with Crippen molar-refractivity contribution in [2.75, 3.05) is 6.26 Å². The molecule has 4 heteroatoms. The van der Waals surface area contributed by atoms with Gasteiger partial charge in [-0.3, -0.25) is 0 Å². The molecule has 1 aromatic heterocycles. The lowest BCUT2D eigenvalue weighted by Gasteiger charge is -2.00. The van der Waals surface area contributed by atoms with Crippen LogP contribution in [0.25, 0.3) is 10.1 Å². The van der Waals surface area contributed by atoms with Crippen LogP contribution in [-0.4, -0.2) is 11.4 Å². The molecule has 1 aromatic carbocycles. The monoisotopic (exact) mass is 274 g/mol. The van der Waals surface area contributed by atoms with E-state index >= 15 is 0 Å². The summed E-state index contributed by atoms with van der Waals surface area (Å²) in [6, 6.07) is 5.99. The van der Waals surface area contributed by atoms with Gasteiger partial charge in [0.25, 0.3) is 0 Å². The number of rotatable bonds is 1. The summed E-state index contributed by atoms with van der Waals surface area (Å²) in [5.41, 5.74) is 0. The van der Waals surface area contributed by atoms with Crippen molar-refractivity contribution < 1.29 is 5.11 Å². The Morgan fingerprint density at radius 1 is 1.46 bits per heavy atom. The van der Waals surface area contributed by atoms with Crippen molar-refractivity contribution in [3.63, 3.8) is 0 Å². The van der Waals surface area contributed by atoms with Gasteiger partial charge in [0.15, 0.2) is 0 Å². The molecule has 0 spiro atoms. The second kappa shape index (κ2) is 3.52. The van der Waals surface area contributed by atoms with Crippen LogP contribution in [0.15, 0.2) is 26.9 Å². The van der Waals surface area contributed by atoms with Crippen molar-refractivity contribution in [3.8, 4) is 5.75 Å². The molecule has 2 rings (SSSR count). The van der Waals surface area contributed by atoms with E-state index in [1.54, 1.807) is 23.1 Å². The lowest BCUT2D eigenvalue weighted by atomic mass is 10.2. The predicted octanol–water partition coefficient (Wildman–Crippen LogP) is 4.09. The average molecular weight is 275 g/mol. The number of fused-ring (bicyclic) bond motifs is 1. The average Bonchev–Trinajstić information content (AvgIpc) is 2.47. The zero-order chi connectivity index (χ0) is 9.42. The molecule has 68 valence electrons. The number of hydrogen-bond donors (Lipinski definition) is 1. The van der Waals surface area contributed by atoms with E-state index in [0.717, 1.165) is 18.8 Å². The summed E-state index contributed by atoms with van der Waals surface area (Å²) < 4.78 is 2.01. The van der Waals surface area contributed by atoms with E-state index in [2.05, 4.69) is 15.9 Å². The SMILES string of the molecule is CSc1ccc2cc(Br)sc2c1O. The Balaban J connectivity index is 2.78. The first-order valence-corrected chi connectivity index (χ1v) is 6.51. The summed E-state index contributed by atoms with van der Waals surface area (Å²) in [6.07, 6.45) is 1.96. The van der Waals surface area contributed by atoms with Crippen molar-refractivity contribution in [2.24, 2.45) is 0 Å². The molecule has 0 aliphatic heterocycles. The topological polar surface area (TPSA) is 20.2 Å². The minimum atomic E-state index is 0.403. The summed E-state index contributed by atoms with van der Waals surface area (Å²) in [7, 11) is 0. The highest BCUT2D eigenvalue weighted by atomic mass is 79.9. The number of hydrogen-bond acceptors (Lipinski definition) is 3. The van der Waals surface area contributed by atoms with Crippen LogP contribution in [0.1, 0.15) is 0 Å². The van der Waals surface area contributed by atoms with Gasteiger partial charge in [0.2, 0.25) is 0 Å². The first kappa shape index (κ1) is 9.37. The van der Waals surface area contributed by atoms with Crippen LogP contribution in [0.4, 0.5) is 0 Å². The van der Waals surface area contributed by atoms with E-state index in [-0.39, 0.29) is 0 Å². The minimum Gasteiger partial charge on any atom is -0.505 e. The number of phenols is 1. The number of aromatic hydroxyl groups is 1. The molecule has 0 saturated carbocycles. The largest absolute Gasteiger partial charge is 0.505 e. The van der Waals surface area contributed by atoms with Crippen molar-refractivity contribution in [1.29, 1.82) is 0 Å². The lowest BCUT2D eigenvalue weighted by Crippen LogP contribution is -1.71. The number of phenolic OH excluding ortho intramolecular Hbond substituents is 1. The molecular weight excluding hydrogens is 268 g/mol. The molecule has 0 aliphatic carbocycles. The van der Waals surface area contributed by atoms with Gasteiger partial charge in [-0.2, -0.15) is 0 Å². The molecule has 1 heterocycles. The van der Waals surface area contributed by atoms with Crippen molar-refractivity contribution in [2.45, 2.75) is 4.90 Å². The fourth-order valence-corrected chi connectivity index (χ4v) is 3.33. The highest BCUT2D eigenvalue weighted by molar-refractivity contribution is 9.11. The predicted molar refractivity (Wildman–Crippen MR) is 63.0 cm³/mol. The van der Waals surface area contributed by atoms with Gasteiger partial charge in [-0.15, -0.1) is 23.1 Å². The Morgan fingerprint density at radius 2 is 2.23 bits per heavy atom. The van der Waals surface area contributed by atoms with E-state index < -0.39 is 0 Å². The third-order valence-corrected chi connectivity index (χ3v) is 4.24. The number of halogens is 1. The number of thioether (sulfide) groups is 1. The minimum absolute atomic E-state index is 0.403. The molecule has 1 nitrogen and oxygen atoms in total. The van der Waals surface area contributed by atoms with Crippen molar-refractivity contribution >= 4 is 49.1 Å². The quantitative estimate of drug-likeness (QED) is 0.791. The molecule has 0 atom stereocenters. The molecular formula is C9H7BrOS2. The van der Waals surface area contributed by atoms with E-state index in [4.69, 9.17) is 0 Å². The Labute approximate surface area is 92.9 Å². The third kappa shape index (κ3) is 1.58. The maximum Gasteiger partial charge on any atom is 0.146 e. The van der Waals surface area contributed by atoms with Gasteiger partial charge in [0.05, 0.1) is 13.4 Å². The Kier molecular flexibility index (Phi) is 2.53. The van der Waals surface area contributed by atoms with Gasteiger partial charge in [-0.05, 0) is 39.7 Å². The molecule has 0 unspecified atom stereocenters. The molecule has 1 N–H and O–H groups in total. The fraction of sp³-hybridized carbons (Fsp3) is 0.111. The zero-order valence-corrected chi connectivity index (χ0v) is 10.1. The molecule has 0 bridgehead atoms. The van der Waals surface area contributed by atoms with Crippen LogP contribution in [0, 0.1) is 0 Å². The van der Waals surface area contributed by atoms with E-state index in [0.29, 0.717) is 5.75 Å². The molecule has 0 radical (unpaired) electrons. The van der Waals surface area contributed by atoms with Gasteiger partial charge in [-0.1, -0.05) is 6.07 Å². The second-order valence-corrected chi connectivity index (χ2v) is 5.86. The normalized spacial score (nSPS) is 10.9. The maximum atomic E-state index is 9.83. The van der Waals surface area contributed by atoms with Gasteiger partial charge < -0.3 is 5.11 Å². The van der Waals surface area contributed by atoms with Crippen LogP contribution in [0.3, 0.4) is 0 Å². The van der Waals surface area contributed by atoms with Gasteiger partial charge in [0, 0.05) is 0 Å². The summed E-state index contributed by atoms with van der Waals surface area (Å²) >= 11 is 6.53. The number of thiophene rings is 1. The standard InChI is InChI=1S/C9H7BrOS2/c1-12-6-3-2-5-4-7(10)13-9(5)8(6)11/h2-4,11H,1H3. The summed E-state index contributed by atoms with van der Waals surface area (Å²) in [6.45, 7) is 0. The van der Waals surface area contributed by atoms with Crippen LogP contribution in [-0.2, 0) is 0 Å². The van der Waals surface area contributed by atoms with Crippen LogP contribution in [0.5, 0.6) is 5.75 Å². The van der Waals surface area contributed by atoms with E-state index in [9.17, 15) is 5.11 Å². The van der Waals surface area contributed by atoms with E-state index in [1.807, 2.05) is 24.5 Å². The molecule has 0 fully saturated rings.